The van der Waals surface area contributed by atoms with Crippen LogP contribution in [-0.2, 0) is 10.2 Å². The Morgan fingerprint density at radius 2 is 1.90 bits per heavy atom. The van der Waals surface area contributed by atoms with Crippen LogP contribution in [-0.4, -0.2) is 22.4 Å². The van der Waals surface area contributed by atoms with E-state index in [0.717, 1.165) is 44.1 Å². The molecule has 1 saturated carbocycles. The van der Waals surface area contributed by atoms with E-state index in [0.29, 0.717) is 23.9 Å². The van der Waals surface area contributed by atoms with Gasteiger partial charge >= 0.3 is 0 Å². The number of ether oxygens (including phenoxy) is 1. The average Bonchev–Trinajstić information content (AvgIpc) is 3.21. The second-order valence-electron chi connectivity index (χ2n) is 7.53. The minimum Gasteiger partial charge on any atom is -0.478 e. The molecule has 1 aliphatic rings. The van der Waals surface area contributed by atoms with Gasteiger partial charge in [0.25, 0.3) is 5.69 Å². The van der Waals surface area contributed by atoms with Crippen LogP contribution in [0.25, 0.3) is 0 Å². The molecule has 154 valence electrons. The van der Waals surface area contributed by atoms with Crippen molar-refractivity contribution in [2.75, 3.05) is 11.9 Å². The highest BCUT2D eigenvalue weighted by atomic mass is 16.6. The maximum atomic E-state index is 13.3. The van der Waals surface area contributed by atoms with Crippen LogP contribution in [0.15, 0.2) is 36.4 Å². The monoisotopic (exact) mass is 397 g/mol. The van der Waals surface area contributed by atoms with Gasteiger partial charge in [-0.05, 0) is 37.8 Å². The van der Waals surface area contributed by atoms with E-state index in [1.165, 1.54) is 12.1 Å². The zero-order chi connectivity index (χ0) is 20.9. The van der Waals surface area contributed by atoms with Crippen molar-refractivity contribution in [3.8, 4) is 5.88 Å². The van der Waals surface area contributed by atoms with Crippen LogP contribution in [0.2, 0.25) is 0 Å². The first-order chi connectivity index (χ1) is 14.0. The summed E-state index contributed by atoms with van der Waals surface area (Å²) in [6, 6.07) is 9.94. The first-order valence-corrected chi connectivity index (χ1v) is 10.1. The van der Waals surface area contributed by atoms with Crippen LogP contribution in [0.3, 0.4) is 0 Å². The minimum absolute atomic E-state index is 0.0287. The van der Waals surface area contributed by atoms with Crippen molar-refractivity contribution in [2.24, 2.45) is 0 Å². The molecular weight excluding hydrogens is 370 g/mol. The fraction of sp³-hybridized carbons (Fsp3) is 0.455. The van der Waals surface area contributed by atoms with Crippen LogP contribution in [0.1, 0.15) is 56.7 Å². The highest BCUT2D eigenvalue weighted by molar-refractivity contribution is 5.99. The number of aryl methyl sites for hydroxylation is 1. The molecule has 1 aromatic carbocycles. The van der Waals surface area contributed by atoms with Gasteiger partial charge in [0.15, 0.2) is 0 Å². The molecule has 0 spiro atoms. The van der Waals surface area contributed by atoms with E-state index in [1.807, 2.05) is 13.0 Å². The summed E-state index contributed by atoms with van der Waals surface area (Å²) in [5, 5.41) is 14.0. The molecule has 3 rings (SSSR count). The van der Waals surface area contributed by atoms with Crippen LogP contribution in [0.4, 0.5) is 11.4 Å². The van der Waals surface area contributed by atoms with Crippen molar-refractivity contribution in [2.45, 2.75) is 57.8 Å². The van der Waals surface area contributed by atoms with E-state index >= 15 is 0 Å². The number of nitrogens with zero attached hydrogens (tertiary/aromatic N) is 2. The lowest BCUT2D eigenvalue weighted by molar-refractivity contribution is -0.384. The number of hydrogen-bond acceptors (Lipinski definition) is 5. The first-order valence-electron chi connectivity index (χ1n) is 10.1. The Morgan fingerprint density at radius 3 is 2.48 bits per heavy atom. The van der Waals surface area contributed by atoms with Gasteiger partial charge < -0.3 is 10.1 Å². The van der Waals surface area contributed by atoms with Crippen molar-refractivity contribution in [1.29, 1.82) is 0 Å². The third-order valence-corrected chi connectivity index (χ3v) is 5.58. The lowest BCUT2D eigenvalue weighted by Gasteiger charge is -2.28. The van der Waals surface area contributed by atoms with E-state index in [2.05, 4.69) is 17.2 Å². The summed E-state index contributed by atoms with van der Waals surface area (Å²) in [6.45, 7) is 4.57. The zero-order valence-corrected chi connectivity index (χ0v) is 16.9. The van der Waals surface area contributed by atoms with Gasteiger partial charge in [-0.15, -0.1) is 0 Å². The molecule has 1 heterocycles. The van der Waals surface area contributed by atoms with Gasteiger partial charge in [0.05, 0.1) is 28.3 Å². The molecule has 1 amide bonds. The Labute approximate surface area is 170 Å². The Kier molecular flexibility index (Phi) is 6.46. The Hall–Kier alpha value is -2.96. The lowest BCUT2D eigenvalue weighted by Crippen LogP contribution is -2.38. The molecule has 0 aliphatic heterocycles. The van der Waals surface area contributed by atoms with E-state index < -0.39 is 10.3 Å². The van der Waals surface area contributed by atoms with Crippen molar-refractivity contribution in [3.63, 3.8) is 0 Å². The number of rotatable bonds is 8. The number of amides is 1. The van der Waals surface area contributed by atoms with Crippen LogP contribution < -0.4 is 10.1 Å². The highest BCUT2D eigenvalue weighted by Crippen LogP contribution is 2.42. The number of nitro benzene ring substituents is 1. The number of non-ortho nitro benzene ring substituents is 1. The number of aromatic nitrogens is 1. The van der Waals surface area contributed by atoms with Gasteiger partial charge in [-0.3, -0.25) is 14.9 Å². The number of carbonyl (C=O) groups excluding carboxylic acids is 1. The number of nitrogens with one attached hydrogen (secondary N) is 1. The van der Waals surface area contributed by atoms with Gasteiger partial charge in [-0.1, -0.05) is 38.3 Å². The van der Waals surface area contributed by atoms with E-state index in [9.17, 15) is 14.9 Å². The molecule has 1 aliphatic carbocycles. The number of hydrogen-bond donors (Lipinski definition) is 1. The molecule has 2 aromatic rings. The number of unbranched alkanes of at least 4 members (excludes halogenated alkanes) is 1. The standard InChI is InChI=1S/C22H27N3O4/c1-3-4-15-29-20-12-11-19(16(2)23-20)24-21(26)22(13-5-6-14-22)17-7-9-18(10-8-17)25(27)28/h7-12H,3-6,13-15H2,1-2H3,(H,24,26). The summed E-state index contributed by atoms with van der Waals surface area (Å²) >= 11 is 0. The summed E-state index contributed by atoms with van der Waals surface area (Å²) in [5.74, 6) is 0.466. The number of pyridine rings is 1. The largest absolute Gasteiger partial charge is 0.478 e. The lowest BCUT2D eigenvalue weighted by atomic mass is 9.78. The fourth-order valence-corrected chi connectivity index (χ4v) is 3.84. The van der Waals surface area contributed by atoms with Crippen molar-refractivity contribution in [1.82, 2.24) is 4.98 Å². The predicted molar refractivity (Wildman–Crippen MR) is 111 cm³/mol. The van der Waals surface area contributed by atoms with Crippen LogP contribution >= 0.6 is 0 Å². The Bertz CT molecular complexity index is 874. The molecule has 1 fully saturated rings. The summed E-state index contributed by atoms with van der Waals surface area (Å²) in [6.07, 6.45) is 5.37. The van der Waals surface area contributed by atoms with Gasteiger partial charge in [-0.25, -0.2) is 4.98 Å². The molecule has 0 bridgehead atoms. The molecule has 0 radical (unpaired) electrons. The molecule has 0 saturated heterocycles. The highest BCUT2D eigenvalue weighted by Gasteiger charge is 2.43. The molecular formula is C22H27N3O4. The van der Waals surface area contributed by atoms with Crippen LogP contribution in [0.5, 0.6) is 5.88 Å². The quantitative estimate of drug-likeness (QED) is 0.387. The maximum absolute atomic E-state index is 13.3. The van der Waals surface area contributed by atoms with Crippen molar-refractivity contribution in [3.05, 3.63) is 57.8 Å². The fourth-order valence-electron chi connectivity index (χ4n) is 3.84. The molecule has 7 nitrogen and oxygen atoms in total. The SMILES string of the molecule is CCCCOc1ccc(NC(=O)C2(c3ccc([N+](=O)[O-])cc3)CCCC2)c(C)n1. The number of anilines is 1. The van der Waals surface area contributed by atoms with E-state index in [1.54, 1.807) is 18.2 Å². The third kappa shape index (κ3) is 4.55. The van der Waals surface area contributed by atoms with Gasteiger partial charge in [-0.2, -0.15) is 0 Å². The Balaban J connectivity index is 1.79. The normalized spacial score (nSPS) is 15.1. The van der Waals surface area contributed by atoms with E-state index in [-0.39, 0.29) is 11.6 Å². The summed E-state index contributed by atoms with van der Waals surface area (Å²) in [5.41, 5.74) is 1.54. The summed E-state index contributed by atoms with van der Waals surface area (Å²) in [4.78, 5) is 28.3. The average molecular weight is 397 g/mol. The van der Waals surface area contributed by atoms with Crippen molar-refractivity contribution < 1.29 is 14.5 Å². The molecule has 0 atom stereocenters. The number of nitro groups is 1. The third-order valence-electron chi connectivity index (χ3n) is 5.58. The second kappa shape index (κ2) is 9.03. The number of carbonyl (C=O) groups is 1. The number of benzene rings is 1. The van der Waals surface area contributed by atoms with Crippen LogP contribution in [0, 0.1) is 17.0 Å². The smallest absolute Gasteiger partial charge is 0.269 e. The minimum atomic E-state index is -0.669. The van der Waals surface area contributed by atoms with Gasteiger partial charge in [0.1, 0.15) is 0 Å². The molecule has 1 N–H and O–H groups in total. The molecule has 0 unspecified atom stereocenters. The molecule has 1 aromatic heterocycles. The summed E-state index contributed by atoms with van der Waals surface area (Å²) < 4.78 is 5.63. The second-order valence-corrected chi connectivity index (χ2v) is 7.53. The maximum Gasteiger partial charge on any atom is 0.269 e. The van der Waals surface area contributed by atoms with Gasteiger partial charge in [0.2, 0.25) is 11.8 Å². The first kappa shape index (κ1) is 20.8. The van der Waals surface area contributed by atoms with Gasteiger partial charge in [0, 0.05) is 18.2 Å². The van der Waals surface area contributed by atoms with E-state index in [4.69, 9.17) is 4.74 Å². The Morgan fingerprint density at radius 1 is 1.21 bits per heavy atom. The van der Waals surface area contributed by atoms with Crippen molar-refractivity contribution >= 4 is 17.3 Å². The topological polar surface area (TPSA) is 94.4 Å². The zero-order valence-electron chi connectivity index (χ0n) is 16.9. The predicted octanol–water partition coefficient (Wildman–Crippen LogP) is 4.93. The molecule has 29 heavy (non-hydrogen) atoms. The molecule has 7 heteroatoms. The summed E-state index contributed by atoms with van der Waals surface area (Å²) in [7, 11) is 0.